The van der Waals surface area contributed by atoms with Gasteiger partial charge in [0.2, 0.25) is 5.28 Å². The Balaban J connectivity index is 2.47. The lowest BCUT2D eigenvalue weighted by Gasteiger charge is -2.06. The van der Waals surface area contributed by atoms with Crippen molar-refractivity contribution < 1.29 is 13.9 Å². The molecule has 1 aromatic heterocycles. The zero-order valence-corrected chi connectivity index (χ0v) is 10.4. The molecule has 0 N–H and O–H groups in total. The van der Waals surface area contributed by atoms with Crippen LogP contribution in [0.1, 0.15) is 12.6 Å². The summed E-state index contributed by atoms with van der Waals surface area (Å²) in [5.41, 5.74) is 0.860. The van der Waals surface area contributed by atoms with Crippen LogP contribution in [0.15, 0.2) is 18.2 Å². The van der Waals surface area contributed by atoms with Crippen LogP contribution >= 0.6 is 11.6 Å². The van der Waals surface area contributed by atoms with Gasteiger partial charge in [0.15, 0.2) is 0 Å². The molecular weight excluding hydrogens is 259 g/mol. The van der Waals surface area contributed by atoms with Gasteiger partial charge in [-0.05, 0) is 36.7 Å². The molecule has 0 amide bonds. The van der Waals surface area contributed by atoms with Crippen LogP contribution in [0.25, 0.3) is 10.9 Å². The van der Waals surface area contributed by atoms with Gasteiger partial charge in [0.1, 0.15) is 5.82 Å². The van der Waals surface area contributed by atoms with Gasteiger partial charge in [0.25, 0.3) is 0 Å². The van der Waals surface area contributed by atoms with E-state index in [2.05, 4.69) is 9.97 Å². The van der Waals surface area contributed by atoms with Crippen molar-refractivity contribution in [1.29, 1.82) is 0 Å². The highest BCUT2D eigenvalue weighted by atomic mass is 35.5. The van der Waals surface area contributed by atoms with Crippen LogP contribution in [-0.4, -0.2) is 22.5 Å². The number of hydrogen-bond donors (Lipinski definition) is 0. The summed E-state index contributed by atoms with van der Waals surface area (Å²) in [6.07, 6.45) is -0.0595. The number of benzene rings is 1. The predicted octanol–water partition coefficient (Wildman–Crippen LogP) is 2.53. The van der Waals surface area contributed by atoms with E-state index >= 15 is 0 Å². The number of aromatic nitrogens is 2. The molecule has 0 bridgehead atoms. The fourth-order valence-electron chi connectivity index (χ4n) is 1.62. The molecule has 0 atom stereocenters. The number of rotatable bonds is 3. The second-order valence-electron chi connectivity index (χ2n) is 3.58. The highest BCUT2D eigenvalue weighted by Crippen LogP contribution is 2.19. The largest absolute Gasteiger partial charge is 0.466 e. The van der Waals surface area contributed by atoms with E-state index < -0.39 is 11.8 Å². The van der Waals surface area contributed by atoms with E-state index in [-0.39, 0.29) is 18.3 Å². The molecule has 1 aromatic carbocycles. The van der Waals surface area contributed by atoms with Gasteiger partial charge in [0.05, 0.1) is 24.2 Å². The minimum Gasteiger partial charge on any atom is -0.466 e. The van der Waals surface area contributed by atoms with Crippen molar-refractivity contribution in [3.63, 3.8) is 0 Å². The highest BCUT2D eigenvalue weighted by Gasteiger charge is 2.12. The average molecular weight is 269 g/mol. The van der Waals surface area contributed by atoms with Gasteiger partial charge < -0.3 is 4.74 Å². The highest BCUT2D eigenvalue weighted by molar-refractivity contribution is 6.28. The third kappa shape index (κ3) is 2.73. The minimum atomic E-state index is -0.433. The number of carbonyl (C=O) groups is 1. The van der Waals surface area contributed by atoms with Gasteiger partial charge in [-0.3, -0.25) is 4.79 Å². The summed E-state index contributed by atoms with van der Waals surface area (Å²) in [6.45, 7) is 1.99. The van der Waals surface area contributed by atoms with Crippen LogP contribution in [0, 0.1) is 5.82 Å². The van der Waals surface area contributed by atoms with E-state index in [1.165, 1.54) is 18.2 Å². The fraction of sp³-hybridized carbons (Fsp3) is 0.250. The van der Waals surface area contributed by atoms with E-state index in [1.54, 1.807) is 6.92 Å². The summed E-state index contributed by atoms with van der Waals surface area (Å²) in [7, 11) is 0. The molecule has 0 fully saturated rings. The Bertz CT molecular complexity index is 604. The van der Waals surface area contributed by atoms with E-state index in [4.69, 9.17) is 16.3 Å². The van der Waals surface area contributed by atoms with Crippen LogP contribution in [0.2, 0.25) is 5.28 Å². The number of carbonyl (C=O) groups excluding carboxylic acids is 1. The molecule has 1 heterocycles. The first kappa shape index (κ1) is 12.7. The lowest BCUT2D eigenvalue weighted by molar-refractivity contribution is -0.142. The first-order valence-electron chi connectivity index (χ1n) is 5.37. The van der Waals surface area contributed by atoms with E-state index in [9.17, 15) is 9.18 Å². The topological polar surface area (TPSA) is 52.1 Å². The summed E-state index contributed by atoms with van der Waals surface area (Å²) in [6, 6.07) is 4.05. The second-order valence-corrected chi connectivity index (χ2v) is 3.92. The standard InChI is InChI=1S/C12H10ClFN2O2/c1-2-18-11(17)6-10-8-5-7(14)3-4-9(8)15-12(13)16-10/h3-5H,2,6H2,1H3. The molecule has 0 spiro atoms. The Morgan fingerprint density at radius 1 is 1.44 bits per heavy atom. The maximum absolute atomic E-state index is 13.2. The molecule has 2 rings (SSSR count). The third-order valence-electron chi connectivity index (χ3n) is 2.33. The molecule has 4 nitrogen and oxygen atoms in total. The molecule has 0 saturated carbocycles. The molecule has 2 aromatic rings. The van der Waals surface area contributed by atoms with Crippen molar-refractivity contribution in [1.82, 2.24) is 9.97 Å². The van der Waals surface area contributed by atoms with Crippen molar-refractivity contribution >= 4 is 28.5 Å². The maximum Gasteiger partial charge on any atom is 0.311 e. The number of ether oxygens (including phenoxy) is 1. The van der Waals surface area contributed by atoms with Crippen LogP contribution in [0.3, 0.4) is 0 Å². The van der Waals surface area contributed by atoms with E-state index in [1.807, 2.05) is 0 Å². The lowest BCUT2D eigenvalue weighted by Crippen LogP contribution is -2.09. The SMILES string of the molecule is CCOC(=O)Cc1nc(Cl)nc2ccc(F)cc12. The van der Waals surface area contributed by atoms with Gasteiger partial charge in [-0.2, -0.15) is 0 Å². The Kier molecular flexibility index (Phi) is 3.72. The molecule has 0 aliphatic carbocycles. The van der Waals surface area contributed by atoms with Gasteiger partial charge >= 0.3 is 5.97 Å². The summed E-state index contributed by atoms with van der Waals surface area (Å²) in [5, 5.41) is 0.487. The number of halogens is 2. The number of nitrogens with zero attached hydrogens (tertiary/aromatic N) is 2. The van der Waals surface area contributed by atoms with Crippen molar-refractivity contribution in [2.45, 2.75) is 13.3 Å². The number of hydrogen-bond acceptors (Lipinski definition) is 4. The molecule has 6 heteroatoms. The van der Waals surface area contributed by atoms with Crippen LogP contribution in [-0.2, 0) is 16.0 Å². The zero-order chi connectivity index (χ0) is 13.1. The molecular formula is C12H10ClFN2O2. The first-order chi connectivity index (χ1) is 8.60. The molecule has 0 unspecified atom stereocenters. The third-order valence-corrected chi connectivity index (χ3v) is 2.50. The quantitative estimate of drug-likeness (QED) is 0.634. The Morgan fingerprint density at radius 2 is 2.22 bits per heavy atom. The fourth-order valence-corrected chi connectivity index (χ4v) is 1.81. The smallest absolute Gasteiger partial charge is 0.311 e. The normalized spacial score (nSPS) is 10.6. The van der Waals surface area contributed by atoms with Crippen LogP contribution < -0.4 is 0 Å². The van der Waals surface area contributed by atoms with Gasteiger partial charge in [-0.15, -0.1) is 0 Å². The van der Waals surface area contributed by atoms with Crippen LogP contribution in [0.5, 0.6) is 0 Å². The monoisotopic (exact) mass is 268 g/mol. The minimum absolute atomic E-state index is 0.0217. The summed E-state index contributed by atoms with van der Waals surface area (Å²) in [4.78, 5) is 19.4. The molecule has 0 saturated heterocycles. The van der Waals surface area contributed by atoms with Crippen molar-refractivity contribution in [2.24, 2.45) is 0 Å². The van der Waals surface area contributed by atoms with Gasteiger partial charge in [-0.25, -0.2) is 14.4 Å². The van der Waals surface area contributed by atoms with Crippen LogP contribution in [0.4, 0.5) is 4.39 Å². The first-order valence-corrected chi connectivity index (χ1v) is 5.75. The second kappa shape index (κ2) is 5.27. The molecule has 0 radical (unpaired) electrons. The van der Waals surface area contributed by atoms with Gasteiger partial charge in [0, 0.05) is 5.39 Å². The maximum atomic E-state index is 13.2. The molecule has 0 aliphatic heterocycles. The van der Waals surface area contributed by atoms with E-state index in [0.29, 0.717) is 16.6 Å². The van der Waals surface area contributed by atoms with Crippen molar-refractivity contribution in [3.05, 3.63) is 35.0 Å². The number of esters is 1. The Hall–Kier alpha value is -1.75. The summed E-state index contributed by atoms with van der Waals surface area (Å²) in [5.74, 6) is -0.851. The molecule has 0 aliphatic rings. The lowest BCUT2D eigenvalue weighted by atomic mass is 10.1. The Morgan fingerprint density at radius 3 is 2.94 bits per heavy atom. The summed E-state index contributed by atoms with van der Waals surface area (Å²) >= 11 is 5.76. The van der Waals surface area contributed by atoms with Crippen molar-refractivity contribution in [3.8, 4) is 0 Å². The zero-order valence-electron chi connectivity index (χ0n) is 9.61. The summed E-state index contributed by atoms with van der Waals surface area (Å²) < 4.78 is 18.0. The number of fused-ring (bicyclic) bond motifs is 1. The Labute approximate surface area is 108 Å². The average Bonchev–Trinajstić information content (AvgIpc) is 2.30. The van der Waals surface area contributed by atoms with E-state index in [0.717, 1.165) is 0 Å². The van der Waals surface area contributed by atoms with Crippen molar-refractivity contribution in [2.75, 3.05) is 6.61 Å². The molecule has 18 heavy (non-hydrogen) atoms. The predicted molar refractivity (Wildman–Crippen MR) is 64.8 cm³/mol. The van der Waals surface area contributed by atoms with Gasteiger partial charge in [-0.1, -0.05) is 0 Å². The molecule has 94 valence electrons.